The van der Waals surface area contributed by atoms with Crippen molar-refractivity contribution >= 4 is 6.08 Å². The van der Waals surface area contributed by atoms with Crippen LogP contribution in [0.4, 0.5) is 0 Å². The van der Waals surface area contributed by atoms with Gasteiger partial charge in [-0.05, 0) is 12.5 Å². The Morgan fingerprint density at radius 3 is 2.56 bits per heavy atom. The first-order valence-corrected chi connectivity index (χ1v) is 4.63. The molecule has 0 aliphatic rings. The molecule has 0 aliphatic carbocycles. The standard InChI is InChI=1S/C12H10N2O2/c1-10(12(9-13)14(15)16)7-8-11-5-3-2-4-6-11/h2-8H,1H3/b8-7+,12-10-. The van der Waals surface area contributed by atoms with Crippen molar-refractivity contribution in [2.75, 3.05) is 0 Å². The molecule has 0 saturated heterocycles. The zero-order valence-corrected chi connectivity index (χ0v) is 8.75. The van der Waals surface area contributed by atoms with Crippen molar-refractivity contribution in [2.45, 2.75) is 6.92 Å². The molecule has 4 nitrogen and oxygen atoms in total. The van der Waals surface area contributed by atoms with Crippen molar-refractivity contribution in [3.05, 3.63) is 63.4 Å². The van der Waals surface area contributed by atoms with Gasteiger partial charge in [-0.15, -0.1) is 0 Å². The molecule has 0 atom stereocenters. The first-order valence-electron chi connectivity index (χ1n) is 4.63. The summed E-state index contributed by atoms with van der Waals surface area (Å²) >= 11 is 0. The van der Waals surface area contributed by atoms with Gasteiger partial charge in [0.25, 0.3) is 0 Å². The second-order valence-electron chi connectivity index (χ2n) is 3.14. The second kappa shape index (κ2) is 5.47. The molecule has 1 aromatic carbocycles. The van der Waals surface area contributed by atoms with Crippen LogP contribution in [-0.4, -0.2) is 4.92 Å². The molecule has 0 unspecified atom stereocenters. The summed E-state index contributed by atoms with van der Waals surface area (Å²) in [5.74, 6) is 0. The SMILES string of the molecule is CC(/C=C/c1ccccc1)=C(\C#N)[N+](=O)[O-]. The van der Waals surface area contributed by atoms with E-state index in [0.717, 1.165) is 5.56 Å². The molecule has 1 rings (SSSR count). The van der Waals surface area contributed by atoms with E-state index in [1.54, 1.807) is 25.1 Å². The molecule has 16 heavy (non-hydrogen) atoms. The van der Waals surface area contributed by atoms with E-state index in [0.29, 0.717) is 5.57 Å². The minimum absolute atomic E-state index is 0.344. The van der Waals surface area contributed by atoms with Gasteiger partial charge in [0.1, 0.15) is 0 Å². The van der Waals surface area contributed by atoms with Gasteiger partial charge in [0.15, 0.2) is 6.07 Å². The highest BCUT2D eigenvalue weighted by Crippen LogP contribution is 2.09. The molecule has 0 amide bonds. The van der Waals surface area contributed by atoms with Crippen LogP contribution in [0.5, 0.6) is 0 Å². The summed E-state index contributed by atoms with van der Waals surface area (Å²) in [6.45, 7) is 1.54. The first kappa shape index (κ1) is 11.7. The first-order chi connectivity index (χ1) is 7.65. The molecule has 0 aliphatic heterocycles. The van der Waals surface area contributed by atoms with Crippen molar-refractivity contribution in [3.8, 4) is 6.07 Å². The van der Waals surface area contributed by atoms with Crippen LogP contribution in [0, 0.1) is 21.4 Å². The molecule has 0 fully saturated rings. The monoisotopic (exact) mass is 214 g/mol. The van der Waals surface area contributed by atoms with E-state index in [-0.39, 0.29) is 0 Å². The summed E-state index contributed by atoms with van der Waals surface area (Å²) in [6, 6.07) is 11.0. The molecule has 4 heteroatoms. The van der Waals surface area contributed by atoms with Crippen molar-refractivity contribution in [3.63, 3.8) is 0 Å². The molecule has 80 valence electrons. The number of rotatable bonds is 3. The average molecular weight is 214 g/mol. The summed E-state index contributed by atoms with van der Waals surface area (Å²) in [7, 11) is 0. The Bertz CT molecular complexity index is 481. The third kappa shape index (κ3) is 3.07. The fourth-order valence-corrected chi connectivity index (χ4v) is 1.14. The molecule has 0 radical (unpaired) electrons. The fraction of sp³-hybridized carbons (Fsp3) is 0.0833. The molecule has 0 bridgehead atoms. The maximum absolute atomic E-state index is 10.5. The zero-order valence-electron chi connectivity index (χ0n) is 8.75. The van der Waals surface area contributed by atoms with Crippen molar-refractivity contribution in [2.24, 2.45) is 0 Å². The normalized spacial score (nSPS) is 12.0. The largest absolute Gasteiger partial charge is 0.348 e. The van der Waals surface area contributed by atoms with E-state index < -0.39 is 10.6 Å². The van der Waals surface area contributed by atoms with Gasteiger partial charge in [-0.1, -0.05) is 42.5 Å². The highest BCUT2D eigenvalue weighted by molar-refractivity contribution is 5.53. The molecule has 0 N–H and O–H groups in total. The lowest BCUT2D eigenvalue weighted by Gasteiger charge is -1.93. The number of nitriles is 1. The van der Waals surface area contributed by atoms with Crippen LogP contribution in [-0.2, 0) is 0 Å². The number of nitro groups is 1. The Kier molecular flexibility index (Phi) is 3.98. The molecule has 0 heterocycles. The Morgan fingerprint density at radius 1 is 1.44 bits per heavy atom. The predicted octanol–water partition coefficient (Wildman–Crippen LogP) is 2.77. The predicted molar refractivity (Wildman–Crippen MR) is 60.8 cm³/mol. The summed E-state index contributed by atoms with van der Waals surface area (Å²) in [5, 5.41) is 19.1. The van der Waals surface area contributed by atoms with Gasteiger partial charge in [-0.25, -0.2) is 0 Å². The number of hydrogen-bond acceptors (Lipinski definition) is 3. The Hall–Kier alpha value is -2.41. The molecule has 0 aromatic heterocycles. The van der Waals surface area contributed by atoms with Crippen molar-refractivity contribution in [1.82, 2.24) is 0 Å². The highest BCUT2D eigenvalue weighted by Gasteiger charge is 2.11. The summed E-state index contributed by atoms with van der Waals surface area (Å²) in [6.07, 6.45) is 3.30. The summed E-state index contributed by atoms with van der Waals surface area (Å²) in [4.78, 5) is 9.80. The Labute approximate surface area is 93.3 Å². The van der Waals surface area contributed by atoms with Gasteiger partial charge in [0.2, 0.25) is 0 Å². The van der Waals surface area contributed by atoms with E-state index in [9.17, 15) is 10.1 Å². The second-order valence-corrected chi connectivity index (χ2v) is 3.14. The van der Waals surface area contributed by atoms with E-state index in [4.69, 9.17) is 5.26 Å². The third-order valence-electron chi connectivity index (χ3n) is 1.99. The van der Waals surface area contributed by atoms with Gasteiger partial charge in [0.05, 0.1) is 4.92 Å². The van der Waals surface area contributed by atoms with Crippen LogP contribution in [0.2, 0.25) is 0 Å². The van der Waals surface area contributed by atoms with E-state index in [2.05, 4.69) is 0 Å². The fourth-order valence-electron chi connectivity index (χ4n) is 1.14. The van der Waals surface area contributed by atoms with E-state index in [1.165, 1.54) is 0 Å². The minimum Gasteiger partial charge on any atom is -0.258 e. The van der Waals surface area contributed by atoms with Crippen molar-refractivity contribution in [1.29, 1.82) is 5.26 Å². The van der Waals surface area contributed by atoms with Gasteiger partial charge in [0, 0.05) is 5.57 Å². The van der Waals surface area contributed by atoms with Crippen LogP contribution >= 0.6 is 0 Å². The van der Waals surface area contributed by atoms with Crippen LogP contribution in [0.25, 0.3) is 6.08 Å². The smallest absolute Gasteiger partial charge is 0.258 e. The van der Waals surface area contributed by atoms with Crippen LogP contribution < -0.4 is 0 Å². The van der Waals surface area contributed by atoms with E-state index >= 15 is 0 Å². The number of allylic oxidation sites excluding steroid dienone is 3. The molecule has 0 spiro atoms. The molecular formula is C12H10N2O2. The van der Waals surface area contributed by atoms with Crippen LogP contribution in [0.15, 0.2) is 47.7 Å². The molecule has 0 saturated carbocycles. The summed E-state index contributed by atoms with van der Waals surface area (Å²) < 4.78 is 0. The summed E-state index contributed by atoms with van der Waals surface area (Å²) in [5.41, 5.74) is 0.853. The number of nitrogens with zero attached hydrogens (tertiary/aromatic N) is 2. The van der Waals surface area contributed by atoms with Gasteiger partial charge in [-0.2, -0.15) is 5.26 Å². The maximum Gasteiger partial charge on any atom is 0.348 e. The van der Waals surface area contributed by atoms with E-state index in [1.807, 2.05) is 30.3 Å². The lowest BCUT2D eigenvalue weighted by atomic mass is 10.1. The Morgan fingerprint density at radius 2 is 2.06 bits per heavy atom. The topological polar surface area (TPSA) is 66.9 Å². The van der Waals surface area contributed by atoms with Gasteiger partial charge in [-0.3, -0.25) is 10.1 Å². The minimum atomic E-state index is -0.676. The lowest BCUT2D eigenvalue weighted by Crippen LogP contribution is -1.97. The van der Waals surface area contributed by atoms with Crippen LogP contribution in [0.1, 0.15) is 12.5 Å². The molecular weight excluding hydrogens is 204 g/mol. The van der Waals surface area contributed by atoms with Gasteiger partial charge >= 0.3 is 5.70 Å². The maximum atomic E-state index is 10.5. The highest BCUT2D eigenvalue weighted by atomic mass is 16.6. The zero-order chi connectivity index (χ0) is 12.0. The quantitative estimate of drug-likeness (QED) is 0.336. The number of hydrogen-bond donors (Lipinski definition) is 0. The number of benzene rings is 1. The third-order valence-corrected chi connectivity index (χ3v) is 1.99. The molecule has 1 aromatic rings. The Balaban J connectivity index is 2.94. The van der Waals surface area contributed by atoms with Crippen molar-refractivity contribution < 1.29 is 4.92 Å². The average Bonchev–Trinajstić information content (AvgIpc) is 2.28. The van der Waals surface area contributed by atoms with Gasteiger partial charge < -0.3 is 0 Å². The van der Waals surface area contributed by atoms with Crippen LogP contribution in [0.3, 0.4) is 0 Å². The lowest BCUT2D eigenvalue weighted by molar-refractivity contribution is -0.418.